The molecule has 0 bridgehead atoms. The first-order valence-electron chi connectivity index (χ1n) is 7.14. The maximum atomic E-state index is 5.41. The van der Waals surface area contributed by atoms with Crippen molar-refractivity contribution in [1.29, 1.82) is 0 Å². The lowest BCUT2D eigenvalue weighted by atomic mass is 10.1. The summed E-state index contributed by atoms with van der Waals surface area (Å²) >= 11 is 1.90. The molecule has 0 fully saturated rings. The number of fused-ring (bicyclic) bond motifs is 1. The fourth-order valence-corrected chi connectivity index (χ4v) is 3.56. The molecular formula is C16H19N3OS. The van der Waals surface area contributed by atoms with Crippen LogP contribution in [0.25, 0.3) is 0 Å². The van der Waals surface area contributed by atoms with Crippen molar-refractivity contribution in [3.8, 4) is 5.75 Å². The second-order valence-corrected chi connectivity index (χ2v) is 5.91. The topological polar surface area (TPSA) is 47.0 Å². The van der Waals surface area contributed by atoms with Crippen molar-refractivity contribution in [3.05, 3.63) is 46.9 Å². The molecule has 0 saturated carbocycles. The molecule has 1 aromatic carbocycles. The lowest BCUT2D eigenvalue weighted by Crippen LogP contribution is -2.09. The summed E-state index contributed by atoms with van der Waals surface area (Å²) in [5.41, 5.74) is 3.56. The lowest BCUT2D eigenvalue weighted by Gasteiger charge is -2.12. The van der Waals surface area contributed by atoms with Crippen LogP contribution in [0.3, 0.4) is 0 Å². The number of nitrogens with one attached hydrogen (secondary N) is 1. The Morgan fingerprint density at radius 2 is 2.10 bits per heavy atom. The van der Waals surface area contributed by atoms with Gasteiger partial charge in [0.15, 0.2) is 0 Å². The quantitative estimate of drug-likeness (QED) is 0.918. The fraction of sp³-hybridized carbons (Fsp3) is 0.375. The molecule has 0 radical (unpaired) electrons. The van der Waals surface area contributed by atoms with E-state index in [2.05, 4.69) is 18.3 Å². The standard InChI is InChI=1S/C16H19N3OS/c1-3-17-16-12-9-21-10-13(12)18-15(19-16)8-11-6-4-5-7-14(11)20-2/h4-7H,3,8-10H2,1-2H3,(H,17,18,19). The first-order valence-corrected chi connectivity index (χ1v) is 8.29. The van der Waals surface area contributed by atoms with Crippen LogP contribution in [-0.4, -0.2) is 23.6 Å². The van der Waals surface area contributed by atoms with Gasteiger partial charge in [0.25, 0.3) is 0 Å². The van der Waals surface area contributed by atoms with Gasteiger partial charge in [-0.25, -0.2) is 9.97 Å². The first kappa shape index (κ1) is 14.2. The predicted molar refractivity (Wildman–Crippen MR) is 87.0 cm³/mol. The number of hydrogen-bond acceptors (Lipinski definition) is 5. The summed E-state index contributed by atoms with van der Waals surface area (Å²) in [6.07, 6.45) is 0.695. The Labute approximate surface area is 129 Å². The summed E-state index contributed by atoms with van der Waals surface area (Å²) < 4.78 is 5.41. The van der Waals surface area contributed by atoms with E-state index in [1.807, 2.05) is 30.0 Å². The number of hydrogen-bond donors (Lipinski definition) is 1. The molecule has 0 unspecified atom stereocenters. The fourth-order valence-electron chi connectivity index (χ4n) is 2.51. The minimum atomic E-state index is 0.695. The van der Waals surface area contributed by atoms with Crippen molar-refractivity contribution in [2.24, 2.45) is 0 Å². The normalized spacial score (nSPS) is 13.0. The van der Waals surface area contributed by atoms with E-state index >= 15 is 0 Å². The van der Waals surface area contributed by atoms with Crippen LogP contribution in [0.1, 0.15) is 29.6 Å². The Morgan fingerprint density at radius 1 is 1.24 bits per heavy atom. The highest BCUT2D eigenvalue weighted by Crippen LogP contribution is 2.33. The first-order chi connectivity index (χ1) is 10.3. The summed E-state index contributed by atoms with van der Waals surface area (Å²) in [5.74, 6) is 4.73. The number of para-hydroxylation sites is 1. The molecule has 1 aromatic heterocycles. The number of nitrogens with zero attached hydrogens (tertiary/aromatic N) is 2. The number of benzene rings is 1. The molecule has 0 aliphatic carbocycles. The third-order valence-corrected chi connectivity index (χ3v) is 4.48. The SMILES string of the molecule is CCNc1nc(Cc2ccccc2OC)nc2c1CSC2. The van der Waals surface area contributed by atoms with E-state index in [4.69, 9.17) is 14.7 Å². The number of aromatic nitrogens is 2. The van der Waals surface area contributed by atoms with Gasteiger partial charge in [0.2, 0.25) is 0 Å². The zero-order chi connectivity index (χ0) is 14.7. The maximum absolute atomic E-state index is 5.41. The van der Waals surface area contributed by atoms with Gasteiger partial charge in [0.1, 0.15) is 17.4 Å². The van der Waals surface area contributed by atoms with E-state index in [0.717, 1.165) is 41.0 Å². The Kier molecular flexibility index (Phi) is 4.29. The highest BCUT2D eigenvalue weighted by molar-refractivity contribution is 7.98. The molecule has 0 amide bonds. The van der Waals surface area contributed by atoms with Gasteiger partial charge in [-0.05, 0) is 13.0 Å². The molecule has 1 aliphatic heterocycles. The zero-order valence-electron chi connectivity index (χ0n) is 12.3. The number of methoxy groups -OCH3 is 1. The van der Waals surface area contributed by atoms with E-state index in [9.17, 15) is 0 Å². The van der Waals surface area contributed by atoms with Crippen LogP contribution < -0.4 is 10.1 Å². The molecule has 5 heteroatoms. The van der Waals surface area contributed by atoms with Gasteiger partial charge in [-0.15, -0.1) is 0 Å². The molecule has 4 nitrogen and oxygen atoms in total. The maximum Gasteiger partial charge on any atom is 0.135 e. The molecule has 110 valence electrons. The molecule has 0 spiro atoms. The van der Waals surface area contributed by atoms with E-state index in [0.29, 0.717) is 6.42 Å². The number of ether oxygens (including phenoxy) is 1. The van der Waals surface area contributed by atoms with Crippen LogP contribution >= 0.6 is 11.8 Å². The Balaban J connectivity index is 1.94. The van der Waals surface area contributed by atoms with Crippen molar-refractivity contribution >= 4 is 17.6 Å². The van der Waals surface area contributed by atoms with Crippen LogP contribution in [-0.2, 0) is 17.9 Å². The zero-order valence-corrected chi connectivity index (χ0v) is 13.2. The predicted octanol–water partition coefficient (Wildman–Crippen LogP) is 3.25. The van der Waals surface area contributed by atoms with E-state index in [1.54, 1.807) is 7.11 Å². The third kappa shape index (κ3) is 2.97. The monoisotopic (exact) mass is 301 g/mol. The summed E-state index contributed by atoms with van der Waals surface area (Å²) in [6.45, 7) is 2.97. The van der Waals surface area contributed by atoms with Crippen LogP contribution in [0.4, 0.5) is 5.82 Å². The third-order valence-electron chi connectivity index (χ3n) is 3.51. The molecule has 21 heavy (non-hydrogen) atoms. The summed E-state index contributed by atoms with van der Waals surface area (Å²) in [5, 5.41) is 3.37. The van der Waals surface area contributed by atoms with Gasteiger partial charge >= 0.3 is 0 Å². The van der Waals surface area contributed by atoms with Gasteiger partial charge < -0.3 is 10.1 Å². The Morgan fingerprint density at radius 3 is 2.90 bits per heavy atom. The largest absolute Gasteiger partial charge is 0.496 e. The number of anilines is 1. The van der Waals surface area contributed by atoms with Gasteiger partial charge in [-0.3, -0.25) is 0 Å². The minimum absolute atomic E-state index is 0.695. The highest BCUT2D eigenvalue weighted by Gasteiger charge is 2.19. The summed E-state index contributed by atoms with van der Waals surface area (Å²) in [6, 6.07) is 8.04. The second-order valence-electron chi connectivity index (χ2n) is 4.93. The van der Waals surface area contributed by atoms with E-state index in [-0.39, 0.29) is 0 Å². The van der Waals surface area contributed by atoms with Crippen molar-refractivity contribution in [2.45, 2.75) is 24.9 Å². The average molecular weight is 301 g/mol. The Bertz CT molecular complexity index is 645. The summed E-state index contributed by atoms with van der Waals surface area (Å²) in [7, 11) is 1.70. The summed E-state index contributed by atoms with van der Waals surface area (Å²) in [4.78, 5) is 9.45. The molecule has 3 rings (SSSR count). The molecule has 0 atom stereocenters. The molecule has 1 N–H and O–H groups in total. The smallest absolute Gasteiger partial charge is 0.135 e. The lowest BCUT2D eigenvalue weighted by molar-refractivity contribution is 0.410. The molecular weight excluding hydrogens is 282 g/mol. The van der Waals surface area contributed by atoms with Crippen LogP contribution in [0.15, 0.2) is 24.3 Å². The van der Waals surface area contributed by atoms with Gasteiger partial charge in [-0.1, -0.05) is 18.2 Å². The molecule has 0 saturated heterocycles. The van der Waals surface area contributed by atoms with Crippen LogP contribution in [0.5, 0.6) is 5.75 Å². The van der Waals surface area contributed by atoms with Crippen LogP contribution in [0.2, 0.25) is 0 Å². The van der Waals surface area contributed by atoms with E-state index in [1.165, 1.54) is 11.3 Å². The number of thioether (sulfide) groups is 1. The molecule has 1 aliphatic rings. The van der Waals surface area contributed by atoms with Gasteiger partial charge in [0, 0.05) is 35.6 Å². The van der Waals surface area contributed by atoms with E-state index < -0.39 is 0 Å². The molecule has 2 aromatic rings. The average Bonchev–Trinajstić information content (AvgIpc) is 2.97. The van der Waals surface area contributed by atoms with Crippen molar-refractivity contribution in [1.82, 2.24) is 9.97 Å². The van der Waals surface area contributed by atoms with Crippen molar-refractivity contribution < 1.29 is 4.74 Å². The van der Waals surface area contributed by atoms with Crippen LogP contribution in [0, 0.1) is 0 Å². The Hall–Kier alpha value is -1.75. The molecule has 2 heterocycles. The van der Waals surface area contributed by atoms with Crippen molar-refractivity contribution in [3.63, 3.8) is 0 Å². The van der Waals surface area contributed by atoms with Crippen molar-refractivity contribution in [2.75, 3.05) is 19.0 Å². The van der Waals surface area contributed by atoms with Gasteiger partial charge in [-0.2, -0.15) is 11.8 Å². The second kappa shape index (κ2) is 6.35. The number of rotatable bonds is 5. The highest BCUT2D eigenvalue weighted by atomic mass is 32.2. The minimum Gasteiger partial charge on any atom is -0.496 e. The van der Waals surface area contributed by atoms with Gasteiger partial charge in [0.05, 0.1) is 12.8 Å².